The van der Waals surface area contributed by atoms with Gasteiger partial charge >= 0.3 is 0 Å². The fourth-order valence-corrected chi connectivity index (χ4v) is 3.30. The van der Waals surface area contributed by atoms with Gasteiger partial charge in [-0.25, -0.2) is 0 Å². The molecule has 0 aliphatic carbocycles. The number of aryl methyl sites for hydroxylation is 1. The summed E-state index contributed by atoms with van der Waals surface area (Å²) in [6.45, 7) is 6.08. The Kier molecular flexibility index (Phi) is 3.80. The van der Waals surface area contributed by atoms with Gasteiger partial charge in [0.15, 0.2) is 0 Å². The van der Waals surface area contributed by atoms with Crippen molar-refractivity contribution in [3.8, 4) is 0 Å². The maximum absolute atomic E-state index is 6.10. The van der Waals surface area contributed by atoms with Gasteiger partial charge in [-0.1, -0.05) is 6.07 Å². The second-order valence-corrected chi connectivity index (χ2v) is 6.17. The summed E-state index contributed by atoms with van der Waals surface area (Å²) >= 11 is 1.79. The SMILES string of the molecule is CCN(Cc1cccs1)c1ccc(N)c2cnc(C)cc12. The third-order valence-corrected chi connectivity index (χ3v) is 4.56. The number of anilines is 2. The van der Waals surface area contributed by atoms with E-state index in [1.165, 1.54) is 16.0 Å². The molecule has 1 aromatic carbocycles. The summed E-state index contributed by atoms with van der Waals surface area (Å²) in [5, 5.41) is 4.34. The molecule has 0 bridgehead atoms. The fraction of sp³-hybridized carbons (Fsp3) is 0.235. The number of pyridine rings is 1. The normalized spacial score (nSPS) is 11.0. The Balaban J connectivity index is 2.09. The number of nitrogen functional groups attached to an aromatic ring is 1. The minimum Gasteiger partial charge on any atom is -0.398 e. The second kappa shape index (κ2) is 5.74. The van der Waals surface area contributed by atoms with Crippen LogP contribution in [0.3, 0.4) is 0 Å². The van der Waals surface area contributed by atoms with Gasteiger partial charge in [0.2, 0.25) is 0 Å². The number of aromatic nitrogens is 1. The number of nitrogens with two attached hydrogens (primary N) is 1. The first-order valence-electron chi connectivity index (χ1n) is 7.11. The Morgan fingerprint density at radius 1 is 1.24 bits per heavy atom. The highest BCUT2D eigenvalue weighted by atomic mass is 32.1. The van der Waals surface area contributed by atoms with Gasteiger partial charge in [0.05, 0.1) is 6.54 Å². The van der Waals surface area contributed by atoms with Crippen LogP contribution in [0.15, 0.2) is 41.9 Å². The summed E-state index contributed by atoms with van der Waals surface area (Å²) < 4.78 is 0. The van der Waals surface area contributed by atoms with Gasteiger partial charge in [-0.2, -0.15) is 0 Å². The summed E-state index contributed by atoms with van der Waals surface area (Å²) in [5.74, 6) is 0. The molecule has 2 aromatic heterocycles. The van der Waals surface area contributed by atoms with Crippen molar-refractivity contribution in [3.05, 3.63) is 52.5 Å². The van der Waals surface area contributed by atoms with E-state index >= 15 is 0 Å². The Bertz CT molecular complexity index is 750. The van der Waals surface area contributed by atoms with Gasteiger partial charge < -0.3 is 10.6 Å². The molecule has 2 heterocycles. The van der Waals surface area contributed by atoms with Crippen LogP contribution in [0.2, 0.25) is 0 Å². The minimum absolute atomic E-state index is 0.786. The standard InChI is InChI=1S/C17H19N3S/c1-3-20(11-13-5-4-8-21-13)17-7-6-16(18)15-10-19-12(2)9-14(15)17/h4-10H,3,11,18H2,1-2H3. The van der Waals surface area contributed by atoms with Crippen molar-refractivity contribution in [2.24, 2.45) is 0 Å². The van der Waals surface area contributed by atoms with E-state index in [0.29, 0.717) is 0 Å². The van der Waals surface area contributed by atoms with Crippen molar-refractivity contribution < 1.29 is 0 Å². The summed E-state index contributed by atoms with van der Waals surface area (Å²) in [5.41, 5.74) is 9.12. The molecule has 108 valence electrons. The number of benzene rings is 1. The second-order valence-electron chi connectivity index (χ2n) is 5.14. The van der Waals surface area contributed by atoms with Gasteiger partial charge in [-0.3, -0.25) is 4.98 Å². The highest BCUT2D eigenvalue weighted by Crippen LogP contribution is 2.32. The third-order valence-electron chi connectivity index (χ3n) is 3.70. The number of rotatable bonds is 4. The average molecular weight is 297 g/mol. The molecule has 3 nitrogen and oxygen atoms in total. The van der Waals surface area contributed by atoms with Gasteiger partial charge in [0.25, 0.3) is 0 Å². The molecule has 0 unspecified atom stereocenters. The first kappa shape index (κ1) is 13.9. The zero-order valence-electron chi connectivity index (χ0n) is 12.3. The smallest absolute Gasteiger partial charge is 0.0522 e. The van der Waals surface area contributed by atoms with E-state index in [4.69, 9.17) is 5.73 Å². The molecule has 2 N–H and O–H groups in total. The van der Waals surface area contributed by atoms with Crippen molar-refractivity contribution in [2.45, 2.75) is 20.4 Å². The van der Waals surface area contributed by atoms with Gasteiger partial charge in [0, 0.05) is 45.5 Å². The van der Waals surface area contributed by atoms with Crippen LogP contribution in [0.5, 0.6) is 0 Å². The molecule has 0 radical (unpaired) electrons. The number of fused-ring (bicyclic) bond motifs is 1. The molecule has 21 heavy (non-hydrogen) atoms. The van der Waals surface area contributed by atoms with Crippen LogP contribution >= 0.6 is 11.3 Å². The lowest BCUT2D eigenvalue weighted by molar-refractivity contribution is 0.846. The molecule has 0 atom stereocenters. The molecule has 0 saturated heterocycles. The Morgan fingerprint density at radius 2 is 2.10 bits per heavy atom. The van der Waals surface area contributed by atoms with E-state index in [1.54, 1.807) is 11.3 Å². The molecule has 0 fully saturated rings. The quantitative estimate of drug-likeness (QED) is 0.733. The predicted molar refractivity (Wildman–Crippen MR) is 91.9 cm³/mol. The molecule has 0 aliphatic rings. The third kappa shape index (κ3) is 2.72. The van der Waals surface area contributed by atoms with Gasteiger partial charge in [0.1, 0.15) is 0 Å². The van der Waals surface area contributed by atoms with Gasteiger partial charge in [-0.05, 0) is 43.5 Å². The van der Waals surface area contributed by atoms with Crippen LogP contribution in [0, 0.1) is 6.92 Å². The van der Waals surface area contributed by atoms with Crippen molar-refractivity contribution in [2.75, 3.05) is 17.2 Å². The van der Waals surface area contributed by atoms with Crippen LogP contribution in [0.1, 0.15) is 17.5 Å². The van der Waals surface area contributed by atoms with Gasteiger partial charge in [-0.15, -0.1) is 11.3 Å². The summed E-state index contributed by atoms with van der Waals surface area (Å²) in [6, 6.07) is 10.5. The Labute approximate surface area is 129 Å². The first-order valence-corrected chi connectivity index (χ1v) is 7.99. The van der Waals surface area contributed by atoms with E-state index < -0.39 is 0 Å². The number of hydrogen-bond acceptors (Lipinski definition) is 4. The van der Waals surface area contributed by atoms with Crippen molar-refractivity contribution in [1.82, 2.24) is 4.98 Å². The highest BCUT2D eigenvalue weighted by molar-refractivity contribution is 7.09. The largest absolute Gasteiger partial charge is 0.398 e. The summed E-state index contributed by atoms with van der Waals surface area (Å²) in [6.07, 6.45) is 1.88. The maximum atomic E-state index is 6.10. The van der Waals surface area contributed by atoms with E-state index in [-0.39, 0.29) is 0 Å². The molecule has 3 aromatic rings. The molecule has 0 aliphatic heterocycles. The molecule has 0 amide bonds. The van der Waals surface area contributed by atoms with E-state index in [2.05, 4.69) is 46.5 Å². The highest BCUT2D eigenvalue weighted by Gasteiger charge is 2.12. The summed E-state index contributed by atoms with van der Waals surface area (Å²) in [4.78, 5) is 8.12. The lowest BCUT2D eigenvalue weighted by Gasteiger charge is -2.24. The molecular formula is C17H19N3S. The fourth-order valence-electron chi connectivity index (χ4n) is 2.58. The molecule has 0 spiro atoms. The zero-order chi connectivity index (χ0) is 14.8. The van der Waals surface area contributed by atoms with Crippen LogP contribution in [0.4, 0.5) is 11.4 Å². The molecule has 3 rings (SSSR count). The predicted octanol–water partition coefficient (Wildman–Crippen LogP) is 4.21. The average Bonchev–Trinajstić information content (AvgIpc) is 2.98. The molecule has 4 heteroatoms. The maximum Gasteiger partial charge on any atom is 0.0522 e. The van der Waals surface area contributed by atoms with Crippen LogP contribution in [-0.2, 0) is 6.54 Å². The molecule has 0 saturated carbocycles. The van der Waals surface area contributed by atoms with Crippen LogP contribution < -0.4 is 10.6 Å². The summed E-state index contributed by atoms with van der Waals surface area (Å²) in [7, 11) is 0. The zero-order valence-corrected chi connectivity index (χ0v) is 13.2. The van der Waals surface area contributed by atoms with Crippen LogP contribution in [-0.4, -0.2) is 11.5 Å². The van der Waals surface area contributed by atoms with E-state index in [1.807, 2.05) is 19.2 Å². The van der Waals surface area contributed by atoms with E-state index in [9.17, 15) is 0 Å². The lowest BCUT2D eigenvalue weighted by Crippen LogP contribution is -2.21. The Morgan fingerprint density at radius 3 is 2.81 bits per heavy atom. The Hall–Kier alpha value is -2.07. The minimum atomic E-state index is 0.786. The van der Waals surface area contributed by atoms with Crippen molar-refractivity contribution >= 4 is 33.5 Å². The number of hydrogen-bond donors (Lipinski definition) is 1. The lowest BCUT2D eigenvalue weighted by atomic mass is 10.1. The van der Waals surface area contributed by atoms with Crippen molar-refractivity contribution in [1.29, 1.82) is 0 Å². The topological polar surface area (TPSA) is 42.1 Å². The number of thiophene rings is 1. The van der Waals surface area contributed by atoms with Crippen LogP contribution in [0.25, 0.3) is 10.8 Å². The van der Waals surface area contributed by atoms with Crippen molar-refractivity contribution in [3.63, 3.8) is 0 Å². The van der Waals surface area contributed by atoms with E-state index in [0.717, 1.165) is 29.9 Å². The monoisotopic (exact) mass is 297 g/mol. The number of nitrogens with zero attached hydrogens (tertiary/aromatic N) is 2. The first-order chi connectivity index (χ1) is 10.2. The molecular weight excluding hydrogens is 278 g/mol.